The van der Waals surface area contributed by atoms with Crippen LogP contribution in [0.15, 0.2) is 47.6 Å². The minimum Gasteiger partial charge on any atom is -0.497 e. The number of ketones is 1. The lowest BCUT2D eigenvalue weighted by atomic mass is 10.0. The summed E-state index contributed by atoms with van der Waals surface area (Å²) in [6.45, 7) is 4.20. The first-order valence-electron chi connectivity index (χ1n) is 9.94. The second-order valence-electron chi connectivity index (χ2n) is 7.55. The van der Waals surface area contributed by atoms with E-state index in [1.54, 1.807) is 7.11 Å². The Hall–Kier alpha value is -2.60. The molecule has 0 amide bonds. The zero-order chi connectivity index (χ0) is 20.4. The number of aromatic nitrogens is 3. The predicted molar refractivity (Wildman–Crippen MR) is 116 cm³/mol. The molecule has 0 spiro atoms. The number of carbonyl (C=O) groups excluding carboxylic acids is 1. The van der Waals surface area contributed by atoms with Crippen molar-refractivity contribution in [2.75, 3.05) is 12.9 Å². The molecule has 0 N–H and O–H groups in total. The Kier molecular flexibility index (Phi) is 5.72. The highest BCUT2D eigenvalue weighted by Crippen LogP contribution is 2.29. The molecule has 1 aliphatic carbocycles. The first-order chi connectivity index (χ1) is 14.1. The molecule has 0 fully saturated rings. The average Bonchev–Trinajstić information content (AvgIpc) is 3.38. The summed E-state index contributed by atoms with van der Waals surface area (Å²) < 4.78 is 7.32. The largest absolute Gasteiger partial charge is 0.497 e. The maximum absolute atomic E-state index is 12.8. The zero-order valence-corrected chi connectivity index (χ0v) is 17.8. The van der Waals surface area contributed by atoms with Crippen LogP contribution in [-0.2, 0) is 12.8 Å². The Labute approximate surface area is 175 Å². The number of hydrogen-bond donors (Lipinski definition) is 0. The number of Topliss-reactive ketones (excluding diaryl/α,β-unsaturated/α-hetero) is 1. The molecular formula is C23H25N3O2S. The summed E-state index contributed by atoms with van der Waals surface area (Å²) in [5.41, 5.74) is 4.49. The Morgan fingerprint density at radius 3 is 2.59 bits per heavy atom. The fraction of sp³-hybridized carbons (Fsp3) is 0.348. The van der Waals surface area contributed by atoms with E-state index in [9.17, 15) is 4.79 Å². The molecular weight excluding hydrogens is 382 g/mol. The van der Waals surface area contributed by atoms with Gasteiger partial charge in [0.2, 0.25) is 0 Å². The summed E-state index contributed by atoms with van der Waals surface area (Å²) in [6, 6.07) is 14.1. The van der Waals surface area contributed by atoms with E-state index in [1.807, 2.05) is 30.3 Å². The molecule has 0 bridgehead atoms. The van der Waals surface area contributed by atoms with Crippen LogP contribution < -0.4 is 4.74 Å². The Balaban J connectivity index is 1.52. The highest BCUT2D eigenvalue weighted by Gasteiger charge is 2.19. The number of aryl methyl sites for hydroxylation is 2. The first-order valence-corrected chi connectivity index (χ1v) is 10.9. The van der Waals surface area contributed by atoms with Crippen molar-refractivity contribution in [2.24, 2.45) is 0 Å². The van der Waals surface area contributed by atoms with Crippen molar-refractivity contribution in [3.8, 4) is 17.1 Å². The third-order valence-electron chi connectivity index (χ3n) is 5.28. The normalized spacial score (nSPS) is 13.0. The third kappa shape index (κ3) is 4.08. The number of fused-ring (bicyclic) bond motifs is 1. The van der Waals surface area contributed by atoms with Crippen molar-refractivity contribution < 1.29 is 9.53 Å². The van der Waals surface area contributed by atoms with Crippen molar-refractivity contribution in [3.63, 3.8) is 0 Å². The average molecular weight is 408 g/mol. The Morgan fingerprint density at radius 1 is 1.10 bits per heavy atom. The van der Waals surface area contributed by atoms with E-state index < -0.39 is 0 Å². The van der Waals surface area contributed by atoms with Gasteiger partial charge in [-0.05, 0) is 74.6 Å². The summed E-state index contributed by atoms with van der Waals surface area (Å²) in [5, 5.41) is 9.54. The van der Waals surface area contributed by atoms with Crippen molar-refractivity contribution in [2.45, 2.75) is 44.3 Å². The molecule has 0 unspecified atom stereocenters. The number of carbonyl (C=O) groups is 1. The van der Waals surface area contributed by atoms with Gasteiger partial charge in [-0.25, -0.2) is 0 Å². The summed E-state index contributed by atoms with van der Waals surface area (Å²) in [6.07, 6.45) is 3.40. The van der Waals surface area contributed by atoms with Crippen molar-refractivity contribution in [1.29, 1.82) is 0 Å². The van der Waals surface area contributed by atoms with E-state index in [2.05, 4.69) is 40.7 Å². The maximum atomic E-state index is 12.8. The molecule has 1 aromatic heterocycles. The highest BCUT2D eigenvalue weighted by molar-refractivity contribution is 7.99. The predicted octanol–water partition coefficient (Wildman–Crippen LogP) is 5.00. The quantitative estimate of drug-likeness (QED) is 0.408. The monoisotopic (exact) mass is 407 g/mol. The van der Waals surface area contributed by atoms with Crippen molar-refractivity contribution >= 4 is 17.5 Å². The molecule has 150 valence electrons. The first kappa shape index (κ1) is 19.7. The SMILES string of the molecule is COc1ccc(-c2nnc(SCC(=O)c3ccc4c(c3)CCC4)n2C(C)C)cc1. The number of benzene rings is 2. The van der Waals surface area contributed by atoms with Crippen LogP contribution in [0.5, 0.6) is 5.75 Å². The number of ether oxygens (including phenoxy) is 1. The molecule has 0 saturated heterocycles. The van der Waals surface area contributed by atoms with E-state index in [0.29, 0.717) is 5.75 Å². The van der Waals surface area contributed by atoms with Gasteiger partial charge >= 0.3 is 0 Å². The molecule has 5 nitrogen and oxygen atoms in total. The maximum Gasteiger partial charge on any atom is 0.192 e. The molecule has 0 aliphatic heterocycles. The number of methoxy groups -OCH3 is 1. The summed E-state index contributed by atoms with van der Waals surface area (Å²) in [7, 11) is 1.65. The Morgan fingerprint density at radius 2 is 1.86 bits per heavy atom. The fourth-order valence-electron chi connectivity index (χ4n) is 3.74. The lowest BCUT2D eigenvalue weighted by Gasteiger charge is -2.14. The summed E-state index contributed by atoms with van der Waals surface area (Å²) >= 11 is 1.45. The second-order valence-corrected chi connectivity index (χ2v) is 8.49. The van der Waals surface area contributed by atoms with E-state index in [-0.39, 0.29) is 11.8 Å². The third-order valence-corrected chi connectivity index (χ3v) is 6.23. The molecule has 2 aromatic carbocycles. The van der Waals surface area contributed by atoms with Crippen LogP contribution in [0.4, 0.5) is 0 Å². The van der Waals surface area contributed by atoms with Gasteiger partial charge in [0.15, 0.2) is 16.8 Å². The topological polar surface area (TPSA) is 57.0 Å². The lowest BCUT2D eigenvalue weighted by Crippen LogP contribution is -2.08. The molecule has 3 aromatic rings. The van der Waals surface area contributed by atoms with Crippen LogP contribution in [-0.4, -0.2) is 33.4 Å². The van der Waals surface area contributed by atoms with Gasteiger partial charge < -0.3 is 4.74 Å². The van der Waals surface area contributed by atoms with Crippen LogP contribution in [0, 0.1) is 0 Å². The molecule has 0 saturated carbocycles. The van der Waals surface area contributed by atoms with Gasteiger partial charge in [0.05, 0.1) is 12.9 Å². The van der Waals surface area contributed by atoms with Crippen LogP contribution in [0.3, 0.4) is 0 Å². The minimum atomic E-state index is 0.133. The number of thioether (sulfide) groups is 1. The van der Waals surface area contributed by atoms with Crippen LogP contribution >= 0.6 is 11.8 Å². The smallest absolute Gasteiger partial charge is 0.192 e. The fourth-order valence-corrected chi connectivity index (χ4v) is 4.70. The summed E-state index contributed by atoms with van der Waals surface area (Å²) in [5.74, 6) is 2.09. The Bertz CT molecular complexity index is 1030. The van der Waals surface area contributed by atoms with E-state index >= 15 is 0 Å². The van der Waals surface area contributed by atoms with E-state index in [1.165, 1.54) is 29.3 Å². The molecule has 0 atom stereocenters. The molecule has 1 heterocycles. The van der Waals surface area contributed by atoms with Crippen molar-refractivity contribution in [3.05, 3.63) is 59.2 Å². The van der Waals surface area contributed by atoms with Gasteiger partial charge in [0.1, 0.15) is 5.75 Å². The van der Waals surface area contributed by atoms with Gasteiger partial charge in [0, 0.05) is 17.2 Å². The van der Waals surface area contributed by atoms with E-state index in [0.717, 1.165) is 40.7 Å². The highest BCUT2D eigenvalue weighted by atomic mass is 32.2. The molecule has 0 radical (unpaired) electrons. The van der Waals surface area contributed by atoms with Crippen LogP contribution in [0.1, 0.15) is 47.8 Å². The number of rotatable bonds is 7. The molecule has 4 rings (SSSR count). The van der Waals surface area contributed by atoms with Gasteiger partial charge in [-0.15, -0.1) is 10.2 Å². The second kappa shape index (κ2) is 8.41. The summed E-state index contributed by atoms with van der Waals surface area (Å²) in [4.78, 5) is 12.8. The molecule has 6 heteroatoms. The van der Waals surface area contributed by atoms with Crippen molar-refractivity contribution in [1.82, 2.24) is 14.8 Å². The number of nitrogens with zero attached hydrogens (tertiary/aromatic N) is 3. The lowest BCUT2D eigenvalue weighted by molar-refractivity contribution is 0.102. The molecule has 29 heavy (non-hydrogen) atoms. The van der Waals surface area contributed by atoms with Gasteiger partial charge in [0.25, 0.3) is 0 Å². The zero-order valence-electron chi connectivity index (χ0n) is 17.0. The van der Waals surface area contributed by atoms with Gasteiger partial charge in [-0.3, -0.25) is 9.36 Å². The van der Waals surface area contributed by atoms with E-state index in [4.69, 9.17) is 4.74 Å². The van der Waals surface area contributed by atoms with Crippen LogP contribution in [0.2, 0.25) is 0 Å². The standard InChI is InChI=1S/C23H25N3O2S/c1-15(2)26-22(17-9-11-20(28-3)12-10-17)24-25-23(26)29-14-21(27)19-8-7-16-5-4-6-18(16)13-19/h7-13,15H,4-6,14H2,1-3H3. The van der Waals surface area contributed by atoms with Crippen LogP contribution in [0.25, 0.3) is 11.4 Å². The number of hydrogen-bond acceptors (Lipinski definition) is 5. The molecule has 1 aliphatic rings. The van der Waals surface area contributed by atoms with Gasteiger partial charge in [-0.1, -0.05) is 23.9 Å². The van der Waals surface area contributed by atoms with Gasteiger partial charge in [-0.2, -0.15) is 0 Å². The minimum absolute atomic E-state index is 0.133.